The predicted molar refractivity (Wildman–Crippen MR) is 46.5 cm³/mol. The molecule has 0 unspecified atom stereocenters. The van der Waals surface area contributed by atoms with E-state index in [0.29, 0.717) is 12.0 Å². The van der Waals surface area contributed by atoms with Gasteiger partial charge in [0.25, 0.3) is 0 Å². The van der Waals surface area contributed by atoms with Crippen LogP contribution in [0.3, 0.4) is 0 Å². The Balaban J connectivity index is 2.42. The van der Waals surface area contributed by atoms with Crippen molar-refractivity contribution in [2.45, 2.75) is 18.7 Å². The largest absolute Gasteiger partial charge is 0.493 e. The number of rotatable bonds is 0. The van der Waals surface area contributed by atoms with Gasteiger partial charge in [0, 0.05) is 12.0 Å². The average Bonchev–Trinajstić information content (AvgIpc) is 2.16. The molecule has 2 rings (SSSR count). The predicted octanol–water partition coefficient (Wildman–Crippen LogP) is 2.52. The van der Waals surface area contributed by atoms with Crippen molar-refractivity contribution in [1.29, 1.82) is 0 Å². The molecule has 0 fully saturated rings. The molecule has 1 atom stereocenters. The van der Waals surface area contributed by atoms with Gasteiger partial charge in [0.1, 0.15) is 5.75 Å². The monoisotopic (exact) mass is 218 g/mol. The zero-order valence-electron chi connectivity index (χ0n) is 7.71. The number of aliphatic hydroxyl groups is 1. The second-order valence-corrected chi connectivity index (χ2v) is 3.40. The van der Waals surface area contributed by atoms with Gasteiger partial charge in [-0.25, -0.2) is 0 Å². The van der Waals surface area contributed by atoms with Crippen molar-refractivity contribution in [2.75, 3.05) is 6.61 Å². The Labute approximate surface area is 84.3 Å². The molecule has 1 aromatic rings. The quantitative estimate of drug-likeness (QED) is 0.725. The molecule has 0 saturated carbocycles. The van der Waals surface area contributed by atoms with E-state index in [-0.39, 0.29) is 12.4 Å². The summed E-state index contributed by atoms with van der Waals surface area (Å²) >= 11 is 0. The average molecular weight is 218 g/mol. The molecule has 82 valence electrons. The van der Waals surface area contributed by atoms with Crippen LogP contribution in [0.15, 0.2) is 18.2 Å². The maximum atomic E-state index is 12.3. The number of alkyl halides is 3. The van der Waals surface area contributed by atoms with E-state index in [1.807, 2.05) is 0 Å². The molecule has 0 radical (unpaired) electrons. The smallest absolute Gasteiger partial charge is 0.416 e. The number of aliphatic hydroxyl groups excluding tert-OH is 1. The van der Waals surface area contributed by atoms with Crippen molar-refractivity contribution in [3.8, 4) is 5.75 Å². The first-order valence-corrected chi connectivity index (χ1v) is 4.50. The van der Waals surface area contributed by atoms with Crippen molar-refractivity contribution in [2.24, 2.45) is 0 Å². The van der Waals surface area contributed by atoms with Gasteiger partial charge in [-0.1, -0.05) is 6.07 Å². The molecular formula is C10H9F3O2. The van der Waals surface area contributed by atoms with Gasteiger partial charge in [0.05, 0.1) is 18.3 Å². The molecule has 0 bridgehead atoms. The summed E-state index contributed by atoms with van der Waals surface area (Å²) in [6.07, 6.45) is -4.69. The summed E-state index contributed by atoms with van der Waals surface area (Å²) < 4.78 is 42.1. The van der Waals surface area contributed by atoms with E-state index in [4.69, 9.17) is 4.74 Å². The Kier molecular flexibility index (Phi) is 2.34. The second-order valence-electron chi connectivity index (χ2n) is 3.40. The third kappa shape index (κ3) is 1.92. The number of ether oxygens (including phenoxy) is 1. The van der Waals surface area contributed by atoms with Crippen LogP contribution in [-0.2, 0) is 6.18 Å². The minimum absolute atomic E-state index is 0.128. The van der Waals surface area contributed by atoms with E-state index in [9.17, 15) is 18.3 Å². The van der Waals surface area contributed by atoms with Crippen LogP contribution in [-0.4, -0.2) is 11.7 Å². The minimum atomic E-state index is -4.37. The molecule has 1 aliphatic heterocycles. The summed E-state index contributed by atoms with van der Waals surface area (Å²) in [5, 5.41) is 9.49. The fourth-order valence-corrected chi connectivity index (χ4v) is 1.55. The molecular weight excluding hydrogens is 209 g/mol. The van der Waals surface area contributed by atoms with Crippen LogP contribution < -0.4 is 4.74 Å². The Morgan fingerprint density at radius 2 is 2.07 bits per heavy atom. The molecule has 0 saturated heterocycles. The first kappa shape index (κ1) is 10.3. The summed E-state index contributed by atoms with van der Waals surface area (Å²) in [6, 6.07) is 3.15. The van der Waals surface area contributed by atoms with Crippen LogP contribution in [0.2, 0.25) is 0 Å². The summed E-state index contributed by atoms with van der Waals surface area (Å²) in [4.78, 5) is 0. The SMILES string of the molecule is O[C@@H]1CCOc2cc(C(F)(F)F)ccc21. The van der Waals surface area contributed by atoms with E-state index in [1.54, 1.807) is 0 Å². The number of fused-ring (bicyclic) bond motifs is 1. The van der Waals surface area contributed by atoms with Gasteiger partial charge in [-0.05, 0) is 12.1 Å². The van der Waals surface area contributed by atoms with Crippen molar-refractivity contribution in [3.05, 3.63) is 29.3 Å². The van der Waals surface area contributed by atoms with E-state index in [2.05, 4.69) is 0 Å². The molecule has 15 heavy (non-hydrogen) atoms. The lowest BCUT2D eigenvalue weighted by molar-refractivity contribution is -0.137. The highest BCUT2D eigenvalue weighted by molar-refractivity contribution is 5.41. The number of hydrogen-bond donors (Lipinski definition) is 1. The fraction of sp³-hybridized carbons (Fsp3) is 0.400. The Morgan fingerprint density at radius 1 is 1.33 bits per heavy atom. The van der Waals surface area contributed by atoms with Gasteiger partial charge in [-0.3, -0.25) is 0 Å². The minimum Gasteiger partial charge on any atom is -0.493 e. The lowest BCUT2D eigenvalue weighted by Crippen LogP contribution is -2.15. The van der Waals surface area contributed by atoms with E-state index >= 15 is 0 Å². The van der Waals surface area contributed by atoms with Crippen LogP contribution in [0.5, 0.6) is 5.75 Å². The zero-order chi connectivity index (χ0) is 11.1. The molecule has 0 amide bonds. The van der Waals surface area contributed by atoms with Crippen LogP contribution in [0.4, 0.5) is 13.2 Å². The lowest BCUT2D eigenvalue weighted by Gasteiger charge is -2.22. The molecule has 0 aromatic heterocycles. The number of hydrogen-bond acceptors (Lipinski definition) is 2. The first-order valence-electron chi connectivity index (χ1n) is 4.50. The maximum absolute atomic E-state index is 12.3. The van der Waals surface area contributed by atoms with Crippen molar-refractivity contribution in [3.63, 3.8) is 0 Å². The maximum Gasteiger partial charge on any atom is 0.416 e. The molecule has 2 nitrogen and oxygen atoms in total. The van der Waals surface area contributed by atoms with Gasteiger partial charge >= 0.3 is 6.18 Å². The Morgan fingerprint density at radius 3 is 2.73 bits per heavy atom. The molecule has 0 spiro atoms. The first-order chi connectivity index (χ1) is 6.98. The molecule has 1 aromatic carbocycles. The molecule has 1 heterocycles. The van der Waals surface area contributed by atoms with Crippen molar-refractivity contribution >= 4 is 0 Å². The van der Waals surface area contributed by atoms with Gasteiger partial charge in [0.2, 0.25) is 0 Å². The van der Waals surface area contributed by atoms with Gasteiger partial charge in [-0.2, -0.15) is 13.2 Å². The zero-order valence-corrected chi connectivity index (χ0v) is 7.71. The molecule has 0 aliphatic carbocycles. The summed E-state index contributed by atoms with van der Waals surface area (Å²) in [5.41, 5.74) is -0.329. The summed E-state index contributed by atoms with van der Waals surface area (Å²) in [5.74, 6) is 0.128. The van der Waals surface area contributed by atoms with E-state index in [0.717, 1.165) is 12.1 Å². The lowest BCUT2D eigenvalue weighted by atomic mass is 10.0. The van der Waals surface area contributed by atoms with Crippen molar-refractivity contribution in [1.82, 2.24) is 0 Å². The number of halogens is 3. The van der Waals surface area contributed by atoms with Crippen LogP contribution >= 0.6 is 0 Å². The van der Waals surface area contributed by atoms with Gasteiger partial charge < -0.3 is 9.84 Å². The van der Waals surface area contributed by atoms with Crippen molar-refractivity contribution < 1.29 is 23.0 Å². The Bertz CT molecular complexity index is 373. The highest BCUT2D eigenvalue weighted by Gasteiger charge is 2.32. The molecule has 5 heteroatoms. The van der Waals surface area contributed by atoms with Gasteiger partial charge in [-0.15, -0.1) is 0 Å². The second kappa shape index (κ2) is 3.41. The number of benzene rings is 1. The van der Waals surface area contributed by atoms with Gasteiger partial charge in [0.15, 0.2) is 0 Å². The van der Waals surface area contributed by atoms with Crippen LogP contribution in [0, 0.1) is 0 Å². The normalized spacial score (nSPS) is 20.7. The highest BCUT2D eigenvalue weighted by atomic mass is 19.4. The van der Waals surface area contributed by atoms with E-state index in [1.165, 1.54) is 6.07 Å². The topological polar surface area (TPSA) is 29.5 Å². The summed E-state index contributed by atoms with van der Waals surface area (Å²) in [7, 11) is 0. The standard InChI is InChI=1S/C10H9F3O2/c11-10(12,13)6-1-2-7-8(14)3-4-15-9(7)5-6/h1-2,5,8,14H,3-4H2/t8-/m1/s1. The van der Waals surface area contributed by atoms with Crippen LogP contribution in [0.25, 0.3) is 0 Å². The third-order valence-corrected chi connectivity index (χ3v) is 2.35. The van der Waals surface area contributed by atoms with E-state index < -0.39 is 17.8 Å². The molecule has 1 aliphatic rings. The Hall–Kier alpha value is -1.23. The fourth-order valence-electron chi connectivity index (χ4n) is 1.55. The highest BCUT2D eigenvalue weighted by Crippen LogP contribution is 2.37. The summed E-state index contributed by atoms with van der Waals surface area (Å²) in [6.45, 7) is 0.246. The molecule has 1 N–H and O–H groups in total. The van der Waals surface area contributed by atoms with Crippen LogP contribution in [0.1, 0.15) is 23.7 Å². The third-order valence-electron chi connectivity index (χ3n) is 2.35.